The standard InChI is InChI=1S/C16H25FN2/c1-10-5-11(2)9-19(8-10)16-6-12(3)15(17)7-14(16)13(4)18/h6-7,10-11,13H,5,8-9,18H2,1-4H3. The third-order valence-electron chi connectivity index (χ3n) is 4.01. The number of halogens is 1. The summed E-state index contributed by atoms with van der Waals surface area (Å²) in [6, 6.07) is 3.43. The van der Waals surface area contributed by atoms with Gasteiger partial charge >= 0.3 is 0 Å². The third kappa shape index (κ3) is 3.08. The lowest BCUT2D eigenvalue weighted by atomic mass is 9.90. The fourth-order valence-electron chi connectivity index (χ4n) is 3.18. The average Bonchev–Trinajstić information content (AvgIpc) is 2.30. The SMILES string of the molecule is Cc1cc(N2CC(C)CC(C)C2)c(C(C)N)cc1F. The molecular formula is C16H25FN2. The first-order valence-electron chi connectivity index (χ1n) is 7.19. The number of nitrogens with two attached hydrogens (primary N) is 1. The molecule has 1 aliphatic rings. The Bertz CT molecular complexity index is 446. The van der Waals surface area contributed by atoms with Crippen LogP contribution in [-0.2, 0) is 0 Å². The normalized spacial score (nSPS) is 25.5. The van der Waals surface area contributed by atoms with Gasteiger partial charge in [-0.15, -0.1) is 0 Å². The number of hydrogen-bond acceptors (Lipinski definition) is 2. The van der Waals surface area contributed by atoms with Crippen LogP contribution in [0, 0.1) is 24.6 Å². The predicted molar refractivity (Wildman–Crippen MR) is 78.9 cm³/mol. The molecule has 1 aromatic carbocycles. The van der Waals surface area contributed by atoms with Crippen LogP contribution in [0.2, 0.25) is 0 Å². The van der Waals surface area contributed by atoms with Crippen LogP contribution in [-0.4, -0.2) is 13.1 Å². The van der Waals surface area contributed by atoms with Crippen LogP contribution in [0.1, 0.15) is 44.4 Å². The van der Waals surface area contributed by atoms with Crippen molar-refractivity contribution >= 4 is 5.69 Å². The Labute approximate surface area is 115 Å². The van der Waals surface area contributed by atoms with E-state index in [0.29, 0.717) is 17.4 Å². The molecule has 1 aliphatic heterocycles. The topological polar surface area (TPSA) is 29.3 Å². The highest BCUT2D eigenvalue weighted by molar-refractivity contribution is 5.57. The van der Waals surface area contributed by atoms with Crippen molar-refractivity contribution < 1.29 is 4.39 Å². The van der Waals surface area contributed by atoms with Crippen LogP contribution in [0.3, 0.4) is 0 Å². The van der Waals surface area contributed by atoms with Crippen molar-refractivity contribution in [2.75, 3.05) is 18.0 Å². The Morgan fingerprint density at radius 1 is 1.26 bits per heavy atom. The molecule has 3 atom stereocenters. The molecule has 2 rings (SSSR count). The molecule has 0 saturated carbocycles. The van der Waals surface area contributed by atoms with Gasteiger partial charge in [-0.05, 0) is 55.4 Å². The van der Waals surface area contributed by atoms with E-state index in [2.05, 4.69) is 18.7 Å². The molecule has 0 spiro atoms. The van der Waals surface area contributed by atoms with E-state index in [1.165, 1.54) is 6.42 Å². The van der Waals surface area contributed by atoms with E-state index in [9.17, 15) is 4.39 Å². The molecule has 2 N–H and O–H groups in total. The monoisotopic (exact) mass is 264 g/mol. The number of piperidine rings is 1. The highest BCUT2D eigenvalue weighted by atomic mass is 19.1. The van der Waals surface area contributed by atoms with Gasteiger partial charge in [0.05, 0.1) is 0 Å². The Hall–Kier alpha value is -1.09. The van der Waals surface area contributed by atoms with E-state index < -0.39 is 0 Å². The quantitative estimate of drug-likeness (QED) is 0.883. The summed E-state index contributed by atoms with van der Waals surface area (Å²) >= 11 is 0. The van der Waals surface area contributed by atoms with E-state index in [4.69, 9.17) is 5.73 Å². The molecule has 3 unspecified atom stereocenters. The van der Waals surface area contributed by atoms with Crippen molar-refractivity contribution in [2.24, 2.45) is 17.6 Å². The van der Waals surface area contributed by atoms with Crippen LogP contribution in [0.5, 0.6) is 0 Å². The fourth-order valence-corrected chi connectivity index (χ4v) is 3.18. The molecule has 2 nitrogen and oxygen atoms in total. The van der Waals surface area contributed by atoms with Crippen molar-refractivity contribution in [1.29, 1.82) is 0 Å². The zero-order valence-corrected chi connectivity index (χ0v) is 12.4. The summed E-state index contributed by atoms with van der Waals surface area (Å²) in [6.07, 6.45) is 1.27. The first-order valence-corrected chi connectivity index (χ1v) is 7.19. The lowest BCUT2D eigenvalue weighted by Crippen LogP contribution is -2.39. The van der Waals surface area contributed by atoms with Crippen LogP contribution >= 0.6 is 0 Å². The highest BCUT2D eigenvalue weighted by Gasteiger charge is 2.24. The van der Waals surface area contributed by atoms with Crippen molar-refractivity contribution in [2.45, 2.75) is 40.2 Å². The Kier molecular flexibility index (Phi) is 4.14. The maximum Gasteiger partial charge on any atom is 0.126 e. The van der Waals surface area contributed by atoms with Gasteiger partial charge in [-0.25, -0.2) is 4.39 Å². The number of benzene rings is 1. The molecule has 0 aromatic heterocycles. The molecule has 0 aliphatic carbocycles. The smallest absolute Gasteiger partial charge is 0.126 e. The van der Waals surface area contributed by atoms with Gasteiger partial charge in [0.2, 0.25) is 0 Å². The molecule has 0 bridgehead atoms. The summed E-state index contributed by atoms with van der Waals surface area (Å²) in [7, 11) is 0. The molecule has 0 amide bonds. The predicted octanol–water partition coefficient (Wildman–Crippen LogP) is 3.64. The number of anilines is 1. The molecule has 106 valence electrons. The lowest BCUT2D eigenvalue weighted by Gasteiger charge is -2.38. The van der Waals surface area contributed by atoms with Crippen LogP contribution in [0.15, 0.2) is 12.1 Å². The van der Waals surface area contributed by atoms with Crippen molar-refractivity contribution in [3.05, 3.63) is 29.1 Å². The Morgan fingerprint density at radius 3 is 2.37 bits per heavy atom. The van der Waals surface area contributed by atoms with Crippen molar-refractivity contribution in [3.8, 4) is 0 Å². The molecule has 1 saturated heterocycles. The number of aryl methyl sites for hydroxylation is 1. The maximum absolute atomic E-state index is 13.8. The molecule has 19 heavy (non-hydrogen) atoms. The van der Waals surface area contributed by atoms with Crippen molar-refractivity contribution in [3.63, 3.8) is 0 Å². The second-order valence-corrected chi connectivity index (χ2v) is 6.30. The molecule has 1 aromatic rings. The summed E-state index contributed by atoms with van der Waals surface area (Å²) < 4.78 is 13.8. The number of rotatable bonds is 2. The summed E-state index contributed by atoms with van der Waals surface area (Å²) in [5.41, 5.74) is 8.75. The second kappa shape index (κ2) is 5.49. The van der Waals surface area contributed by atoms with E-state index in [1.807, 2.05) is 19.9 Å². The van der Waals surface area contributed by atoms with Gasteiger partial charge in [-0.1, -0.05) is 13.8 Å². The summed E-state index contributed by atoms with van der Waals surface area (Å²) in [5.74, 6) is 1.19. The van der Waals surface area contributed by atoms with Gasteiger partial charge in [0, 0.05) is 24.8 Å². The summed E-state index contributed by atoms with van der Waals surface area (Å²) in [5, 5.41) is 0. The van der Waals surface area contributed by atoms with Gasteiger partial charge in [-0.3, -0.25) is 0 Å². The third-order valence-corrected chi connectivity index (χ3v) is 4.01. The molecule has 1 heterocycles. The lowest BCUT2D eigenvalue weighted by molar-refractivity contribution is 0.356. The Morgan fingerprint density at radius 2 is 1.84 bits per heavy atom. The summed E-state index contributed by atoms with van der Waals surface area (Å²) in [6.45, 7) is 10.4. The number of hydrogen-bond donors (Lipinski definition) is 1. The van der Waals surface area contributed by atoms with Crippen LogP contribution in [0.4, 0.5) is 10.1 Å². The summed E-state index contributed by atoms with van der Waals surface area (Å²) in [4.78, 5) is 2.38. The van der Waals surface area contributed by atoms with E-state index >= 15 is 0 Å². The minimum atomic E-state index is -0.158. The minimum Gasteiger partial charge on any atom is -0.371 e. The van der Waals surface area contributed by atoms with Crippen LogP contribution < -0.4 is 10.6 Å². The first-order chi connectivity index (χ1) is 8.88. The second-order valence-electron chi connectivity index (χ2n) is 6.30. The van der Waals surface area contributed by atoms with Crippen LogP contribution in [0.25, 0.3) is 0 Å². The van der Waals surface area contributed by atoms with Gasteiger partial charge in [0.1, 0.15) is 5.82 Å². The largest absolute Gasteiger partial charge is 0.371 e. The van der Waals surface area contributed by atoms with E-state index in [-0.39, 0.29) is 11.9 Å². The molecule has 3 heteroatoms. The van der Waals surface area contributed by atoms with Gasteiger partial charge in [0.15, 0.2) is 0 Å². The number of nitrogens with zero attached hydrogens (tertiary/aromatic N) is 1. The zero-order valence-electron chi connectivity index (χ0n) is 12.4. The van der Waals surface area contributed by atoms with Gasteiger partial charge in [0.25, 0.3) is 0 Å². The molecule has 0 radical (unpaired) electrons. The van der Waals surface area contributed by atoms with E-state index in [0.717, 1.165) is 24.3 Å². The van der Waals surface area contributed by atoms with Gasteiger partial charge in [-0.2, -0.15) is 0 Å². The first kappa shape index (κ1) is 14.3. The fraction of sp³-hybridized carbons (Fsp3) is 0.625. The average molecular weight is 264 g/mol. The molecule has 1 fully saturated rings. The zero-order chi connectivity index (χ0) is 14.2. The van der Waals surface area contributed by atoms with Crippen molar-refractivity contribution in [1.82, 2.24) is 0 Å². The molecular weight excluding hydrogens is 239 g/mol. The minimum absolute atomic E-state index is 0.141. The Balaban J connectivity index is 2.40. The van der Waals surface area contributed by atoms with E-state index in [1.54, 1.807) is 6.07 Å². The highest BCUT2D eigenvalue weighted by Crippen LogP contribution is 2.32. The van der Waals surface area contributed by atoms with Gasteiger partial charge < -0.3 is 10.6 Å². The maximum atomic E-state index is 13.8.